The van der Waals surface area contributed by atoms with Gasteiger partial charge in [-0.3, -0.25) is 10.2 Å². The van der Waals surface area contributed by atoms with Gasteiger partial charge >= 0.3 is 6.18 Å². The van der Waals surface area contributed by atoms with E-state index in [1.165, 1.54) is 6.07 Å². The molecule has 13 heteroatoms. The zero-order valence-corrected chi connectivity index (χ0v) is 18.2. The van der Waals surface area contributed by atoms with Gasteiger partial charge in [0.15, 0.2) is 5.82 Å². The van der Waals surface area contributed by atoms with Crippen LogP contribution in [-0.2, 0) is 6.18 Å². The Labute approximate surface area is 198 Å². The predicted octanol–water partition coefficient (Wildman–Crippen LogP) is 6.65. The van der Waals surface area contributed by atoms with Crippen molar-refractivity contribution < 1.29 is 26.7 Å². The number of hydrogen-bond donors (Lipinski definition) is 3. The molecule has 0 saturated carbocycles. The number of nitrogens with zero attached hydrogens (tertiary/aromatic N) is 2. The minimum Gasteiger partial charge on any atom is -0.321 e. The van der Waals surface area contributed by atoms with Crippen LogP contribution >= 0.6 is 23.2 Å². The smallest absolute Gasteiger partial charge is 0.321 e. The number of pyridine rings is 1. The van der Waals surface area contributed by atoms with Crippen LogP contribution in [0.5, 0.6) is 0 Å². The Balaban J connectivity index is 1.91. The van der Waals surface area contributed by atoms with E-state index in [1.54, 1.807) is 0 Å². The minimum absolute atomic E-state index is 0.0865. The van der Waals surface area contributed by atoms with Gasteiger partial charge in [-0.2, -0.15) is 18.3 Å². The van der Waals surface area contributed by atoms with Gasteiger partial charge < -0.3 is 10.7 Å². The molecule has 0 bridgehead atoms. The van der Waals surface area contributed by atoms with Crippen molar-refractivity contribution >= 4 is 53.0 Å². The lowest BCUT2D eigenvalue weighted by Crippen LogP contribution is -2.16. The number of rotatable bonds is 6. The maximum atomic E-state index is 14.7. The van der Waals surface area contributed by atoms with Gasteiger partial charge in [-0.05, 0) is 36.4 Å². The Morgan fingerprint density at radius 3 is 2.44 bits per heavy atom. The van der Waals surface area contributed by atoms with E-state index in [4.69, 9.17) is 28.6 Å². The number of benzene rings is 2. The average molecular weight is 516 g/mol. The molecule has 3 rings (SSSR count). The zero-order valence-electron chi connectivity index (χ0n) is 16.6. The summed E-state index contributed by atoms with van der Waals surface area (Å²) in [5, 5.41) is 12.0. The lowest BCUT2D eigenvalue weighted by molar-refractivity contribution is -0.137. The summed E-state index contributed by atoms with van der Waals surface area (Å²) in [6.07, 6.45) is -2.29. The van der Waals surface area contributed by atoms with Crippen molar-refractivity contribution in [2.24, 2.45) is 5.10 Å². The summed E-state index contributed by atoms with van der Waals surface area (Å²) in [4.78, 5) is 16.2. The highest BCUT2D eigenvalue weighted by molar-refractivity contribution is 6.35. The van der Waals surface area contributed by atoms with Gasteiger partial charge in [0.25, 0.3) is 5.91 Å². The van der Waals surface area contributed by atoms with E-state index in [-0.39, 0.29) is 32.4 Å². The van der Waals surface area contributed by atoms with Crippen LogP contribution in [0.4, 0.5) is 33.5 Å². The number of anilines is 2. The fourth-order valence-corrected chi connectivity index (χ4v) is 3.33. The predicted molar refractivity (Wildman–Crippen MR) is 120 cm³/mol. The van der Waals surface area contributed by atoms with Crippen molar-refractivity contribution in [3.63, 3.8) is 0 Å². The van der Waals surface area contributed by atoms with E-state index in [1.807, 2.05) is 5.43 Å². The Kier molecular flexibility index (Phi) is 7.48. The molecule has 0 aliphatic heterocycles. The van der Waals surface area contributed by atoms with E-state index in [0.29, 0.717) is 6.07 Å². The van der Waals surface area contributed by atoms with Crippen molar-refractivity contribution in [1.29, 1.82) is 5.41 Å². The summed E-state index contributed by atoms with van der Waals surface area (Å²) in [6, 6.07) is 5.76. The van der Waals surface area contributed by atoms with Gasteiger partial charge in [0.2, 0.25) is 0 Å². The molecular weight excluding hydrogens is 504 g/mol. The second-order valence-electron chi connectivity index (χ2n) is 6.56. The molecule has 3 N–H and O–H groups in total. The summed E-state index contributed by atoms with van der Waals surface area (Å²) in [6.45, 7) is 0. The van der Waals surface area contributed by atoms with Crippen molar-refractivity contribution in [3.05, 3.63) is 75.4 Å². The van der Waals surface area contributed by atoms with Gasteiger partial charge in [0, 0.05) is 17.3 Å². The van der Waals surface area contributed by atoms with Gasteiger partial charge in [-0.25, -0.2) is 13.8 Å². The molecule has 2 aromatic carbocycles. The topological polar surface area (TPSA) is 90.2 Å². The molecule has 176 valence electrons. The first-order chi connectivity index (χ1) is 16.0. The molecule has 0 aliphatic rings. The summed E-state index contributed by atoms with van der Waals surface area (Å²) in [5.41, 5.74) is 0.114. The summed E-state index contributed by atoms with van der Waals surface area (Å²) < 4.78 is 68.2. The van der Waals surface area contributed by atoms with E-state index in [0.717, 1.165) is 42.9 Å². The first kappa shape index (κ1) is 25.1. The van der Waals surface area contributed by atoms with Crippen molar-refractivity contribution in [1.82, 2.24) is 4.98 Å². The first-order valence-corrected chi connectivity index (χ1v) is 9.88. The first-order valence-electron chi connectivity index (χ1n) is 9.12. The molecular formula is C21H12Cl2F5N5O. The third-order valence-corrected chi connectivity index (χ3v) is 4.92. The number of amides is 1. The molecule has 0 aliphatic carbocycles. The molecule has 0 saturated heterocycles. The number of alkyl halides is 3. The van der Waals surface area contributed by atoms with Crippen LogP contribution in [0.2, 0.25) is 10.0 Å². The van der Waals surface area contributed by atoms with Gasteiger partial charge in [0.1, 0.15) is 17.2 Å². The van der Waals surface area contributed by atoms with E-state index < -0.39 is 35.1 Å². The quantitative estimate of drug-likeness (QED) is 0.195. The van der Waals surface area contributed by atoms with Crippen LogP contribution in [0.3, 0.4) is 0 Å². The Hall–Kier alpha value is -3.57. The molecule has 3 aromatic rings. The van der Waals surface area contributed by atoms with Crippen LogP contribution in [0.1, 0.15) is 15.9 Å². The van der Waals surface area contributed by atoms with Gasteiger partial charge in [-0.15, -0.1) is 0 Å². The molecule has 34 heavy (non-hydrogen) atoms. The van der Waals surface area contributed by atoms with Crippen molar-refractivity contribution in [3.8, 4) is 11.1 Å². The van der Waals surface area contributed by atoms with Crippen LogP contribution < -0.4 is 10.7 Å². The molecule has 6 nitrogen and oxygen atoms in total. The van der Waals surface area contributed by atoms with Crippen molar-refractivity contribution in [2.45, 2.75) is 6.18 Å². The Morgan fingerprint density at radius 2 is 1.79 bits per heavy atom. The van der Waals surface area contributed by atoms with E-state index in [2.05, 4.69) is 15.4 Å². The number of nitrogens with one attached hydrogen (secondary N) is 3. The summed E-state index contributed by atoms with van der Waals surface area (Å²) in [5.74, 6) is -3.21. The number of aromatic nitrogens is 1. The van der Waals surface area contributed by atoms with Gasteiger partial charge in [0.05, 0.1) is 33.7 Å². The van der Waals surface area contributed by atoms with Crippen LogP contribution in [0.25, 0.3) is 11.1 Å². The fraction of sp³-hybridized carbons (Fsp3) is 0.0476. The Morgan fingerprint density at radius 1 is 1.06 bits per heavy atom. The SMILES string of the molecule is N=C/C=N\Nc1ncc(NC(=O)c2cc(F)c(-c3ccc(F)cc3Cl)cc2Cl)cc1C(F)(F)F. The third-order valence-electron chi connectivity index (χ3n) is 4.29. The van der Waals surface area contributed by atoms with Crippen molar-refractivity contribution in [2.75, 3.05) is 10.7 Å². The summed E-state index contributed by atoms with van der Waals surface area (Å²) in [7, 11) is 0. The molecule has 0 atom stereocenters. The number of hydrogen-bond acceptors (Lipinski definition) is 5. The second kappa shape index (κ2) is 10.1. The molecule has 1 amide bonds. The monoisotopic (exact) mass is 515 g/mol. The average Bonchev–Trinajstić information content (AvgIpc) is 2.75. The van der Waals surface area contributed by atoms with Gasteiger partial charge in [-0.1, -0.05) is 23.2 Å². The van der Waals surface area contributed by atoms with Crippen LogP contribution in [0, 0.1) is 17.0 Å². The summed E-state index contributed by atoms with van der Waals surface area (Å²) >= 11 is 12.1. The third kappa shape index (κ3) is 5.67. The highest BCUT2D eigenvalue weighted by atomic mass is 35.5. The Bertz CT molecular complexity index is 1300. The molecule has 1 aromatic heterocycles. The number of halogens is 7. The molecule has 0 radical (unpaired) electrons. The zero-order chi connectivity index (χ0) is 25.0. The normalized spacial score (nSPS) is 11.5. The highest BCUT2D eigenvalue weighted by Crippen LogP contribution is 2.36. The van der Waals surface area contributed by atoms with E-state index >= 15 is 0 Å². The second-order valence-corrected chi connectivity index (χ2v) is 7.38. The number of carbonyl (C=O) groups excluding carboxylic acids is 1. The largest absolute Gasteiger partial charge is 0.420 e. The standard InChI is InChI=1S/C21H12Cl2F5N5O/c22-16-5-10(24)1-2-12(16)13-7-17(23)14(8-18(13)25)20(34)32-11-6-15(21(26,27)28)19(30-9-11)33-31-4-3-29/h1-9,29H,(H,30,33)(H,32,34)/b29-3?,31-4-. The van der Waals surface area contributed by atoms with Crippen LogP contribution in [-0.4, -0.2) is 23.3 Å². The highest BCUT2D eigenvalue weighted by Gasteiger charge is 2.35. The molecule has 1 heterocycles. The van der Waals surface area contributed by atoms with Crippen LogP contribution in [0.15, 0.2) is 47.7 Å². The molecule has 0 fully saturated rings. The molecule has 0 spiro atoms. The fourth-order valence-electron chi connectivity index (χ4n) is 2.81. The minimum atomic E-state index is -4.85. The maximum absolute atomic E-state index is 14.7. The lowest BCUT2D eigenvalue weighted by Gasteiger charge is -2.14. The lowest BCUT2D eigenvalue weighted by atomic mass is 10.0. The molecule has 0 unspecified atom stereocenters. The van der Waals surface area contributed by atoms with E-state index in [9.17, 15) is 26.7 Å². The number of hydrazone groups is 1. The number of carbonyl (C=O) groups is 1. The maximum Gasteiger partial charge on any atom is 0.420 e.